The molecule has 0 atom stereocenters. The zero-order chi connectivity index (χ0) is 17.1. The van der Waals surface area contributed by atoms with Gasteiger partial charge in [0.1, 0.15) is 0 Å². The van der Waals surface area contributed by atoms with Crippen LogP contribution < -0.4 is 0 Å². The minimum Gasteiger partial charge on any atom is -0.0984 e. The SMILES string of the molecule is C=Cc1cc2c(cc1C=C)C(C)(C)c1cc3cc(C)ccc3cc1-2. The van der Waals surface area contributed by atoms with Gasteiger partial charge < -0.3 is 0 Å². The molecule has 4 rings (SSSR count). The van der Waals surface area contributed by atoms with Crippen LogP contribution in [0.3, 0.4) is 0 Å². The van der Waals surface area contributed by atoms with E-state index in [-0.39, 0.29) is 5.41 Å². The van der Waals surface area contributed by atoms with Crippen LogP contribution in [0.2, 0.25) is 0 Å². The Kier molecular flexibility index (Phi) is 3.08. The predicted octanol–water partition coefficient (Wildman–Crippen LogP) is 6.74. The van der Waals surface area contributed by atoms with Crippen LogP contribution in [0.15, 0.2) is 55.6 Å². The van der Waals surface area contributed by atoms with Crippen LogP contribution in [0.1, 0.15) is 41.7 Å². The lowest BCUT2D eigenvalue weighted by Gasteiger charge is -2.22. The number of fused-ring (bicyclic) bond motifs is 4. The highest BCUT2D eigenvalue weighted by Gasteiger charge is 2.36. The summed E-state index contributed by atoms with van der Waals surface area (Å²) in [5.41, 5.74) is 9.08. The van der Waals surface area contributed by atoms with Crippen LogP contribution >= 0.6 is 0 Å². The fourth-order valence-electron chi connectivity index (χ4n) is 4.03. The van der Waals surface area contributed by atoms with Crippen molar-refractivity contribution in [2.75, 3.05) is 0 Å². The average molecular weight is 310 g/mol. The topological polar surface area (TPSA) is 0 Å². The van der Waals surface area contributed by atoms with E-state index in [0.717, 1.165) is 11.1 Å². The Balaban J connectivity index is 2.09. The van der Waals surface area contributed by atoms with Gasteiger partial charge >= 0.3 is 0 Å². The summed E-state index contributed by atoms with van der Waals surface area (Å²) in [6, 6.07) is 16.0. The van der Waals surface area contributed by atoms with Crippen LogP contribution in [-0.4, -0.2) is 0 Å². The highest BCUT2D eigenvalue weighted by molar-refractivity contribution is 5.94. The lowest BCUT2D eigenvalue weighted by Crippen LogP contribution is -2.15. The molecule has 0 nitrogen and oxygen atoms in total. The monoisotopic (exact) mass is 310 g/mol. The summed E-state index contributed by atoms with van der Waals surface area (Å²) in [7, 11) is 0. The molecule has 3 aromatic carbocycles. The molecule has 118 valence electrons. The van der Waals surface area contributed by atoms with Crippen molar-refractivity contribution >= 4 is 22.9 Å². The first-order valence-corrected chi connectivity index (χ1v) is 8.44. The zero-order valence-corrected chi connectivity index (χ0v) is 14.6. The van der Waals surface area contributed by atoms with Gasteiger partial charge in [-0.05, 0) is 75.3 Å². The van der Waals surface area contributed by atoms with Gasteiger partial charge in [-0.15, -0.1) is 0 Å². The Hall–Kier alpha value is -2.60. The normalized spacial score (nSPS) is 14.3. The summed E-state index contributed by atoms with van der Waals surface area (Å²) >= 11 is 0. The van der Waals surface area contributed by atoms with E-state index in [1.165, 1.54) is 38.6 Å². The van der Waals surface area contributed by atoms with Gasteiger partial charge in [-0.1, -0.05) is 62.9 Å². The first-order valence-electron chi connectivity index (χ1n) is 8.44. The number of aryl methyl sites for hydroxylation is 1. The van der Waals surface area contributed by atoms with Gasteiger partial charge in [0.25, 0.3) is 0 Å². The molecule has 0 saturated heterocycles. The Bertz CT molecular complexity index is 1020. The third-order valence-electron chi connectivity index (χ3n) is 5.43. The maximum absolute atomic E-state index is 3.97. The van der Waals surface area contributed by atoms with E-state index in [4.69, 9.17) is 0 Å². The second kappa shape index (κ2) is 4.95. The summed E-state index contributed by atoms with van der Waals surface area (Å²) in [6.07, 6.45) is 3.85. The number of benzene rings is 3. The van der Waals surface area contributed by atoms with Gasteiger partial charge in [-0.3, -0.25) is 0 Å². The highest BCUT2D eigenvalue weighted by atomic mass is 14.4. The van der Waals surface area contributed by atoms with E-state index < -0.39 is 0 Å². The summed E-state index contributed by atoms with van der Waals surface area (Å²) in [5.74, 6) is 0. The molecule has 3 aromatic rings. The summed E-state index contributed by atoms with van der Waals surface area (Å²) in [6.45, 7) is 14.7. The molecule has 1 aliphatic carbocycles. The molecule has 0 saturated carbocycles. The van der Waals surface area contributed by atoms with E-state index >= 15 is 0 Å². The fourth-order valence-corrected chi connectivity index (χ4v) is 4.03. The standard InChI is InChI=1S/C24H22/c1-6-16-11-20-21-12-18-9-8-15(3)10-19(18)14-23(21)24(4,5)22(20)13-17(16)7-2/h6-14H,1-2H2,3-5H3. The number of hydrogen-bond donors (Lipinski definition) is 0. The van der Waals surface area contributed by atoms with Gasteiger partial charge in [-0.2, -0.15) is 0 Å². The molecule has 0 spiro atoms. The first-order chi connectivity index (χ1) is 11.5. The summed E-state index contributed by atoms with van der Waals surface area (Å²) < 4.78 is 0. The maximum atomic E-state index is 3.97. The van der Waals surface area contributed by atoms with Crippen molar-refractivity contribution in [3.05, 3.63) is 83.4 Å². The van der Waals surface area contributed by atoms with Crippen LogP contribution in [0.25, 0.3) is 34.1 Å². The van der Waals surface area contributed by atoms with Crippen LogP contribution in [0, 0.1) is 6.92 Å². The van der Waals surface area contributed by atoms with Crippen molar-refractivity contribution in [3.63, 3.8) is 0 Å². The van der Waals surface area contributed by atoms with Crippen LogP contribution in [0.4, 0.5) is 0 Å². The zero-order valence-electron chi connectivity index (χ0n) is 14.6. The van der Waals surface area contributed by atoms with Crippen molar-refractivity contribution in [1.82, 2.24) is 0 Å². The minimum absolute atomic E-state index is 0.0000624. The lowest BCUT2D eigenvalue weighted by atomic mass is 9.81. The Morgan fingerprint density at radius 3 is 2.08 bits per heavy atom. The van der Waals surface area contributed by atoms with Gasteiger partial charge in [-0.25, -0.2) is 0 Å². The van der Waals surface area contributed by atoms with Gasteiger partial charge in [0, 0.05) is 5.41 Å². The van der Waals surface area contributed by atoms with E-state index in [9.17, 15) is 0 Å². The molecule has 24 heavy (non-hydrogen) atoms. The van der Waals surface area contributed by atoms with Gasteiger partial charge in [0.05, 0.1) is 0 Å². The molecular weight excluding hydrogens is 288 g/mol. The molecule has 0 bridgehead atoms. The largest absolute Gasteiger partial charge is 0.0984 e. The summed E-state index contributed by atoms with van der Waals surface area (Å²) in [4.78, 5) is 0. The van der Waals surface area contributed by atoms with E-state index in [2.05, 4.69) is 76.4 Å². The fraction of sp³-hybridized carbons (Fsp3) is 0.167. The third kappa shape index (κ3) is 1.93. The Morgan fingerprint density at radius 2 is 1.38 bits per heavy atom. The molecule has 0 heterocycles. The molecule has 0 radical (unpaired) electrons. The molecule has 0 fully saturated rings. The molecule has 0 aromatic heterocycles. The third-order valence-corrected chi connectivity index (χ3v) is 5.43. The molecule has 0 aliphatic heterocycles. The minimum atomic E-state index is 0.0000624. The Labute approximate surface area is 144 Å². The quantitative estimate of drug-likeness (QED) is 0.491. The molecule has 1 aliphatic rings. The highest BCUT2D eigenvalue weighted by Crippen LogP contribution is 2.50. The first kappa shape index (κ1) is 15.0. The molecular formula is C24H22. The second-order valence-corrected chi connectivity index (χ2v) is 7.31. The molecule has 0 N–H and O–H groups in total. The van der Waals surface area contributed by atoms with Crippen molar-refractivity contribution in [2.45, 2.75) is 26.2 Å². The van der Waals surface area contributed by atoms with Crippen molar-refractivity contribution in [1.29, 1.82) is 0 Å². The number of hydrogen-bond acceptors (Lipinski definition) is 0. The lowest BCUT2D eigenvalue weighted by molar-refractivity contribution is 0.661. The van der Waals surface area contributed by atoms with E-state index in [1.807, 2.05) is 12.2 Å². The smallest absolute Gasteiger partial charge is 0.0159 e. The van der Waals surface area contributed by atoms with Gasteiger partial charge in [0.15, 0.2) is 0 Å². The van der Waals surface area contributed by atoms with Crippen LogP contribution in [0.5, 0.6) is 0 Å². The second-order valence-electron chi connectivity index (χ2n) is 7.31. The molecule has 0 amide bonds. The molecule has 0 heteroatoms. The van der Waals surface area contributed by atoms with E-state index in [0.29, 0.717) is 0 Å². The van der Waals surface area contributed by atoms with Gasteiger partial charge in [0.2, 0.25) is 0 Å². The summed E-state index contributed by atoms with van der Waals surface area (Å²) in [5, 5.41) is 2.62. The predicted molar refractivity (Wildman–Crippen MR) is 106 cm³/mol. The van der Waals surface area contributed by atoms with Crippen molar-refractivity contribution < 1.29 is 0 Å². The van der Waals surface area contributed by atoms with Crippen LogP contribution in [-0.2, 0) is 5.41 Å². The number of rotatable bonds is 2. The van der Waals surface area contributed by atoms with Crippen molar-refractivity contribution in [2.24, 2.45) is 0 Å². The maximum Gasteiger partial charge on any atom is 0.0159 e. The molecule has 0 unspecified atom stereocenters. The average Bonchev–Trinajstić information content (AvgIpc) is 2.79. The van der Waals surface area contributed by atoms with E-state index in [1.54, 1.807) is 0 Å². The van der Waals surface area contributed by atoms with Crippen molar-refractivity contribution in [3.8, 4) is 11.1 Å². The Morgan fingerprint density at radius 1 is 0.750 bits per heavy atom.